The minimum Gasteiger partial charge on any atom is -0.478 e. The Balaban J connectivity index is 3.11. The zero-order chi connectivity index (χ0) is 18.1. The normalized spacial score (nSPS) is 12.8. The molecule has 1 atom stereocenters. The van der Waals surface area contributed by atoms with Crippen molar-refractivity contribution in [2.45, 2.75) is 27.2 Å². The van der Waals surface area contributed by atoms with E-state index < -0.39 is 5.97 Å². The number of hydrogen-bond acceptors (Lipinski definition) is 1. The van der Waals surface area contributed by atoms with Crippen molar-refractivity contribution in [3.05, 3.63) is 77.9 Å². The van der Waals surface area contributed by atoms with Gasteiger partial charge in [-0.2, -0.15) is 0 Å². The van der Waals surface area contributed by atoms with Gasteiger partial charge in [0.2, 0.25) is 0 Å². The Morgan fingerprint density at radius 1 is 1.38 bits per heavy atom. The SMILES string of the molecule is C=CC(C#Cc1cccc(C(=C)C)c1)=CC=C(C(=O)O)C(C)CC. The average molecular weight is 320 g/mol. The van der Waals surface area contributed by atoms with Gasteiger partial charge in [-0.25, -0.2) is 4.79 Å². The quantitative estimate of drug-likeness (QED) is 0.442. The Labute approximate surface area is 144 Å². The van der Waals surface area contributed by atoms with Gasteiger partial charge in [-0.15, -0.1) is 0 Å². The number of hydrogen-bond donors (Lipinski definition) is 1. The molecule has 1 aromatic carbocycles. The molecular formula is C22H24O2. The van der Waals surface area contributed by atoms with E-state index in [2.05, 4.69) is 25.0 Å². The van der Waals surface area contributed by atoms with E-state index in [0.717, 1.165) is 23.1 Å². The number of carboxylic acid groups (broad SMARTS) is 1. The average Bonchev–Trinajstić information content (AvgIpc) is 2.57. The second-order valence-electron chi connectivity index (χ2n) is 5.67. The second-order valence-corrected chi connectivity index (χ2v) is 5.67. The molecule has 124 valence electrons. The minimum atomic E-state index is -0.897. The topological polar surface area (TPSA) is 37.3 Å². The molecule has 24 heavy (non-hydrogen) atoms. The third-order valence-corrected chi connectivity index (χ3v) is 3.76. The van der Waals surface area contributed by atoms with E-state index in [9.17, 15) is 9.90 Å². The Bertz CT molecular complexity index is 752. The van der Waals surface area contributed by atoms with Crippen molar-refractivity contribution in [3.63, 3.8) is 0 Å². The standard InChI is InChI=1S/C22H24O2/c1-6-17(5)21(22(23)24)14-13-18(7-2)11-12-19-9-8-10-20(15-19)16(3)4/h7-10,13-15,17H,2-3,6H2,1,4-5H3,(H,23,24). The molecule has 1 unspecified atom stereocenters. The highest BCUT2D eigenvalue weighted by Gasteiger charge is 2.12. The van der Waals surface area contributed by atoms with Crippen LogP contribution in [0.4, 0.5) is 0 Å². The highest BCUT2D eigenvalue weighted by atomic mass is 16.4. The summed E-state index contributed by atoms with van der Waals surface area (Å²) in [6.45, 7) is 13.5. The van der Waals surface area contributed by atoms with Crippen LogP contribution in [0.15, 0.2) is 66.8 Å². The van der Waals surface area contributed by atoms with E-state index in [1.807, 2.05) is 45.0 Å². The summed E-state index contributed by atoms with van der Waals surface area (Å²) in [6, 6.07) is 7.84. The maximum absolute atomic E-state index is 11.3. The number of carboxylic acids is 1. The van der Waals surface area contributed by atoms with Gasteiger partial charge in [0.15, 0.2) is 0 Å². The van der Waals surface area contributed by atoms with Crippen molar-refractivity contribution in [3.8, 4) is 11.8 Å². The van der Waals surface area contributed by atoms with Crippen molar-refractivity contribution < 1.29 is 9.90 Å². The summed E-state index contributed by atoms with van der Waals surface area (Å²) in [5.41, 5.74) is 3.98. The van der Waals surface area contributed by atoms with Crippen molar-refractivity contribution >= 4 is 11.5 Å². The Kier molecular flexibility index (Phi) is 7.52. The second kappa shape index (κ2) is 9.37. The zero-order valence-corrected chi connectivity index (χ0v) is 14.6. The summed E-state index contributed by atoms with van der Waals surface area (Å²) >= 11 is 0. The molecule has 0 aliphatic carbocycles. The van der Waals surface area contributed by atoms with Crippen LogP contribution < -0.4 is 0 Å². The first-order chi connectivity index (χ1) is 11.4. The molecular weight excluding hydrogens is 296 g/mol. The molecule has 0 heterocycles. The summed E-state index contributed by atoms with van der Waals surface area (Å²) < 4.78 is 0. The van der Waals surface area contributed by atoms with E-state index in [1.165, 1.54) is 0 Å². The van der Waals surface area contributed by atoms with Crippen molar-refractivity contribution in [1.29, 1.82) is 0 Å². The van der Waals surface area contributed by atoms with Crippen LogP contribution in [0.3, 0.4) is 0 Å². The van der Waals surface area contributed by atoms with Gasteiger partial charge in [0, 0.05) is 16.7 Å². The highest BCUT2D eigenvalue weighted by molar-refractivity contribution is 5.87. The zero-order valence-electron chi connectivity index (χ0n) is 14.6. The van der Waals surface area contributed by atoms with Gasteiger partial charge >= 0.3 is 5.97 Å². The van der Waals surface area contributed by atoms with Gasteiger partial charge in [0.1, 0.15) is 0 Å². The molecule has 0 aliphatic rings. The van der Waals surface area contributed by atoms with Crippen LogP contribution in [0, 0.1) is 17.8 Å². The summed E-state index contributed by atoms with van der Waals surface area (Å²) in [5, 5.41) is 9.28. The third kappa shape index (κ3) is 5.78. The molecule has 0 aliphatic heterocycles. The third-order valence-electron chi connectivity index (χ3n) is 3.76. The summed E-state index contributed by atoms with van der Waals surface area (Å²) in [5.74, 6) is 5.20. The fourth-order valence-corrected chi connectivity index (χ4v) is 2.01. The Morgan fingerprint density at radius 3 is 2.62 bits per heavy atom. The van der Waals surface area contributed by atoms with Crippen LogP contribution in [0.2, 0.25) is 0 Å². The van der Waals surface area contributed by atoms with Gasteiger partial charge in [0.05, 0.1) is 0 Å². The molecule has 0 aromatic heterocycles. The molecule has 0 bridgehead atoms. The van der Waals surface area contributed by atoms with Crippen LogP contribution in [-0.2, 0) is 4.79 Å². The molecule has 2 heteroatoms. The Hall–Kier alpha value is -2.79. The summed E-state index contributed by atoms with van der Waals surface area (Å²) in [6.07, 6.45) is 5.72. The van der Waals surface area contributed by atoms with E-state index >= 15 is 0 Å². The molecule has 0 spiro atoms. The number of allylic oxidation sites excluding steroid dienone is 5. The largest absolute Gasteiger partial charge is 0.478 e. The maximum Gasteiger partial charge on any atom is 0.331 e. The van der Waals surface area contributed by atoms with Gasteiger partial charge in [-0.3, -0.25) is 0 Å². The lowest BCUT2D eigenvalue weighted by Gasteiger charge is -2.08. The van der Waals surface area contributed by atoms with Crippen molar-refractivity contribution in [2.24, 2.45) is 5.92 Å². The van der Waals surface area contributed by atoms with E-state index in [1.54, 1.807) is 18.2 Å². The number of carbonyl (C=O) groups is 1. The van der Waals surface area contributed by atoms with Crippen LogP contribution in [0.1, 0.15) is 38.3 Å². The van der Waals surface area contributed by atoms with Gasteiger partial charge in [-0.05, 0) is 43.0 Å². The number of aliphatic carboxylic acids is 1. The lowest BCUT2D eigenvalue weighted by Crippen LogP contribution is -2.08. The lowest BCUT2D eigenvalue weighted by molar-refractivity contribution is -0.133. The predicted octanol–water partition coefficient (Wildman–Crippen LogP) is 5.24. The molecule has 0 saturated heterocycles. The fourth-order valence-electron chi connectivity index (χ4n) is 2.01. The monoisotopic (exact) mass is 320 g/mol. The van der Waals surface area contributed by atoms with E-state index in [0.29, 0.717) is 11.1 Å². The molecule has 0 saturated carbocycles. The highest BCUT2D eigenvalue weighted by Crippen LogP contribution is 2.15. The van der Waals surface area contributed by atoms with Crippen LogP contribution >= 0.6 is 0 Å². The number of rotatable bonds is 6. The summed E-state index contributed by atoms with van der Waals surface area (Å²) in [4.78, 5) is 11.3. The number of benzene rings is 1. The smallest absolute Gasteiger partial charge is 0.331 e. The molecule has 0 fully saturated rings. The molecule has 0 amide bonds. The van der Waals surface area contributed by atoms with Crippen LogP contribution in [0.25, 0.3) is 5.57 Å². The maximum atomic E-state index is 11.3. The van der Waals surface area contributed by atoms with Crippen LogP contribution in [-0.4, -0.2) is 11.1 Å². The lowest BCUT2D eigenvalue weighted by atomic mass is 9.97. The Morgan fingerprint density at radius 2 is 2.08 bits per heavy atom. The van der Waals surface area contributed by atoms with Gasteiger partial charge < -0.3 is 5.11 Å². The molecule has 0 radical (unpaired) electrons. The first kappa shape index (κ1) is 19.3. The van der Waals surface area contributed by atoms with Crippen molar-refractivity contribution in [1.82, 2.24) is 0 Å². The molecule has 2 nitrogen and oxygen atoms in total. The first-order valence-corrected chi connectivity index (χ1v) is 7.94. The van der Waals surface area contributed by atoms with E-state index in [-0.39, 0.29) is 5.92 Å². The van der Waals surface area contributed by atoms with E-state index in [4.69, 9.17) is 0 Å². The summed E-state index contributed by atoms with van der Waals surface area (Å²) in [7, 11) is 0. The van der Waals surface area contributed by atoms with Crippen molar-refractivity contribution in [2.75, 3.05) is 0 Å². The van der Waals surface area contributed by atoms with Gasteiger partial charge in [-0.1, -0.05) is 68.7 Å². The predicted molar refractivity (Wildman–Crippen MR) is 101 cm³/mol. The van der Waals surface area contributed by atoms with Gasteiger partial charge in [0.25, 0.3) is 0 Å². The van der Waals surface area contributed by atoms with Crippen LogP contribution in [0.5, 0.6) is 0 Å². The molecule has 1 N–H and O–H groups in total. The molecule has 1 rings (SSSR count). The minimum absolute atomic E-state index is 0.00924. The molecule has 1 aromatic rings. The fraction of sp³-hybridized carbons (Fsp3) is 0.227. The first-order valence-electron chi connectivity index (χ1n) is 7.94.